The third-order valence-electron chi connectivity index (χ3n) is 5.80. The number of aliphatic hydroxyl groups is 1. The molecule has 4 heterocycles. The maximum Gasteiger partial charge on any atom is 0.251 e. The van der Waals surface area contributed by atoms with Gasteiger partial charge < -0.3 is 24.3 Å². The summed E-state index contributed by atoms with van der Waals surface area (Å²) in [4.78, 5) is 22.8. The minimum atomic E-state index is -0.828. The zero-order chi connectivity index (χ0) is 22.1. The number of morpholine rings is 1. The number of rotatable bonds is 5. The Morgan fingerprint density at radius 3 is 2.81 bits per heavy atom. The van der Waals surface area contributed by atoms with Crippen LogP contribution >= 0.6 is 11.6 Å². The minimum absolute atomic E-state index is 0.149. The molecule has 0 aliphatic carbocycles. The van der Waals surface area contributed by atoms with E-state index < -0.39 is 6.10 Å². The molecular formula is C24H23ClN4O3. The normalized spacial score (nSPS) is 15.2. The summed E-state index contributed by atoms with van der Waals surface area (Å²) in [5.41, 5.74) is 4.03. The first kappa shape index (κ1) is 20.8. The molecule has 7 nitrogen and oxygen atoms in total. The standard InChI is InChI=1S/C24H23ClN4O3/c25-18-3-1-2-17(10-18)22(30)15-29-5-4-16(11-23(29)31)21-14-27-24-20(21)12-19(13-26-24)28-6-8-32-9-7-28/h1-5,10-14,22,30H,6-9,15H2,(H,26,27). The van der Waals surface area contributed by atoms with Crippen LogP contribution in [-0.2, 0) is 11.3 Å². The van der Waals surface area contributed by atoms with Crippen molar-refractivity contribution in [1.29, 1.82) is 0 Å². The highest BCUT2D eigenvalue weighted by atomic mass is 35.5. The topological polar surface area (TPSA) is 83.4 Å². The molecule has 3 aromatic heterocycles. The molecule has 5 rings (SSSR count). The van der Waals surface area contributed by atoms with Gasteiger partial charge in [-0.1, -0.05) is 23.7 Å². The Morgan fingerprint density at radius 1 is 1.19 bits per heavy atom. The van der Waals surface area contributed by atoms with Gasteiger partial charge in [0.05, 0.1) is 37.7 Å². The summed E-state index contributed by atoms with van der Waals surface area (Å²) in [6.45, 7) is 3.22. The van der Waals surface area contributed by atoms with Crippen molar-refractivity contribution in [2.24, 2.45) is 0 Å². The fourth-order valence-electron chi connectivity index (χ4n) is 4.06. The first-order valence-corrected chi connectivity index (χ1v) is 10.9. The van der Waals surface area contributed by atoms with Crippen LogP contribution in [0.3, 0.4) is 0 Å². The van der Waals surface area contributed by atoms with Crippen molar-refractivity contribution in [2.75, 3.05) is 31.2 Å². The quantitative estimate of drug-likeness (QED) is 0.485. The van der Waals surface area contributed by atoms with E-state index in [0.29, 0.717) is 23.8 Å². The molecule has 1 aliphatic rings. The molecule has 4 aromatic rings. The molecule has 0 radical (unpaired) electrons. The molecule has 1 aliphatic heterocycles. The van der Waals surface area contributed by atoms with Crippen LogP contribution in [-0.4, -0.2) is 45.9 Å². The lowest BCUT2D eigenvalue weighted by Gasteiger charge is -2.28. The van der Waals surface area contributed by atoms with Crippen LogP contribution in [0.1, 0.15) is 11.7 Å². The number of aromatic amines is 1. The molecule has 0 spiro atoms. The number of aromatic nitrogens is 3. The molecule has 8 heteroatoms. The van der Waals surface area contributed by atoms with E-state index in [1.165, 1.54) is 4.57 Å². The second-order valence-electron chi connectivity index (χ2n) is 7.87. The van der Waals surface area contributed by atoms with Gasteiger partial charge in [0.15, 0.2) is 0 Å². The summed E-state index contributed by atoms with van der Waals surface area (Å²) in [7, 11) is 0. The Hall–Kier alpha value is -3.13. The molecule has 0 amide bonds. The number of hydrogen-bond acceptors (Lipinski definition) is 5. The number of benzene rings is 1. The van der Waals surface area contributed by atoms with Gasteiger partial charge in [-0.05, 0) is 35.4 Å². The zero-order valence-corrected chi connectivity index (χ0v) is 18.1. The Bertz CT molecular complexity index is 1310. The van der Waals surface area contributed by atoms with E-state index in [2.05, 4.69) is 20.9 Å². The molecule has 1 saturated heterocycles. The highest BCUT2D eigenvalue weighted by Crippen LogP contribution is 2.30. The Kier molecular flexibility index (Phi) is 5.70. The Morgan fingerprint density at radius 2 is 2.03 bits per heavy atom. The van der Waals surface area contributed by atoms with E-state index in [4.69, 9.17) is 16.3 Å². The predicted octanol–water partition coefficient (Wildman–Crippen LogP) is 3.62. The molecule has 0 saturated carbocycles. The lowest BCUT2D eigenvalue weighted by Crippen LogP contribution is -2.36. The van der Waals surface area contributed by atoms with Gasteiger partial charge in [-0.25, -0.2) is 4.98 Å². The van der Waals surface area contributed by atoms with Gasteiger partial charge in [0.25, 0.3) is 5.56 Å². The molecule has 1 unspecified atom stereocenters. The average Bonchev–Trinajstić information content (AvgIpc) is 3.24. The first-order chi connectivity index (χ1) is 15.6. The monoisotopic (exact) mass is 450 g/mol. The Balaban J connectivity index is 1.42. The fraction of sp³-hybridized carbons (Fsp3) is 0.250. The van der Waals surface area contributed by atoms with Crippen LogP contribution in [0.15, 0.2) is 65.8 Å². The van der Waals surface area contributed by atoms with Crippen LogP contribution in [0.4, 0.5) is 5.69 Å². The smallest absolute Gasteiger partial charge is 0.251 e. The van der Waals surface area contributed by atoms with E-state index in [0.717, 1.165) is 40.9 Å². The number of nitrogens with zero attached hydrogens (tertiary/aromatic N) is 3. The molecule has 32 heavy (non-hydrogen) atoms. The van der Waals surface area contributed by atoms with E-state index in [-0.39, 0.29) is 12.1 Å². The number of hydrogen-bond donors (Lipinski definition) is 2. The SMILES string of the molecule is O=c1cc(-c2c[nH]c3ncc(N4CCOCC4)cc23)ccn1CC(O)c1cccc(Cl)c1. The van der Waals surface area contributed by atoms with Crippen LogP contribution in [0, 0.1) is 0 Å². The molecule has 2 N–H and O–H groups in total. The predicted molar refractivity (Wildman–Crippen MR) is 125 cm³/mol. The third kappa shape index (κ3) is 4.14. The van der Waals surface area contributed by atoms with Crippen LogP contribution < -0.4 is 10.5 Å². The van der Waals surface area contributed by atoms with Crippen molar-refractivity contribution in [3.63, 3.8) is 0 Å². The third-order valence-corrected chi connectivity index (χ3v) is 6.04. The number of halogens is 1. The van der Waals surface area contributed by atoms with E-state index in [1.807, 2.05) is 18.5 Å². The minimum Gasteiger partial charge on any atom is -0.387 e. The van der Waals surface area contributed by atoms with Gasteiger partial charge in [-0.15, -0.1) is 0 Å². The van der Waals surface area contributed by atoms with Crippen LogP contribution in [0.25, 0.3) is 22.2 Å². The van der Waals surface area contributed by atoms with Gasteiger partial charge in [-0.3, -0.25) is 4.79 Å². The largest absolute Gasteiger partial charge is 0.387 e. The summed E-state index contributed by atoms with van der Waals surface area (Å²) in [5.74, 6) is 0. The first-order valence-electron chi connectivity index (χ1n) is 10.5. The fourth-order valence-corrected chi connectivity index (χ4v) is 4.26. The number of anilines is 1. The van der Waals surface area contributed by atoms with Crippen molar-refractivity contribution in [3.8, 4) is 11.1 Å². The number of fused-ring (bicyclic) bond motifs is 1. The van der Waals surface area contributed by atoms with Gasteiger partial charge in [0.2, 0.25) is 0 Å². The van der Waals surface area contributed by atoms with E-state index in [1.54, 1.807) is 36.5 Å². The van der Waals surface area contributed by atoms with Crippen LogP contribution in [0.5, 0.6) is 0 Å². The maximum atomic E-state index is 12.8. The molecule has 1 aromatic carbocycles. The number of ether oxygens (including phenoxy) is 1. The lowest BCUT2D eigenvalue weighted by molar-refractivity contribution is 0.122. The number of pyridine rings is 2. The Labute approximate surface area is 189 Å². The summed E-state index contributed by atoms with van der Waals surface area (Å²) >= 11 is 6.01. The van der Waals surface area contributed by atoms with Crippen molar-refractivity contribution < 1.29 is 9.84 Å². The van der Waals surface area contributed by atoms with Gasteiger partial charge in [-0.2, -0.15) is 0 Å². The zero-order valence-electron chi connectivity index (χ0n) is 17.4. The highest BCUT2D eigenvalue weighted by molar-refractivity contribution is 6.30. The number of aliphatic hydroxyl groups excluding tert-OH is 1. The maximum absolute atomic E-state index is 12.8. The van der Waals surface area contributed by atoms with Crippen molar-refractivity contribution >= 4 is 28.3 Å². The average molecular weight is 451 g/mol. The lowest BCUT2D eigenvalue weighted by atomic mass is 10.1. The summed E-state index contributed by atoms with van der Waals surface area (Å²) < 4.78 is 6.94. The molecule has 1 fully saturated rings. The summed E-state index contributed by atoms with van der Waals surface area (Å²) in [6.07, 6.45) is 4.62. The number of H-pyrrole nitrogens is 1. The summed E-state index contributed by atoms with van der Waals surface area (Å²) in [5, 5.41) is 12.0. The molecule has 0 bridgehead atoms. The van der Waals surface area contributed by atoms with Gasteiger partial charge >= 0.3 is 0 Å². The van der Waals surface area contributed by atoms with Crippen LogP contribution in [0.2, 0.25) is 5.02 Å². The molecule has 1 atom stereocenters. The second kappa shape index (κ2) is 8.78. The van der Waals surface area contributed by atoms with E-state index >= 15 is 0 Å². The molecular weight excluding hydrogens is 428 g/mol. The summed E-state index contributed by atoms with van der Waals surface area (Å²) in [6, 6.07) is 12.6. The number of nitrogens with one attached hydrogen (secondary N) is 1. The van der Waals surface area contributed by atoms with Crippen molar-refractivity contribution in [3.05, 3.63) is 82.0 Å². The second-order valence-corrected chi connectivity index (χ2v) is 8.30. The van der Waals surface area contributed by atoms with Crippen molar-refractivity contribution in [1.82, 2.24) is 14.5 Å². The van der Waals surface area contributed by atoms with Gasteiger partial charge in [0.1, 0.15) is 5.65 Å². The highest BCUT2D eigenvalue weighted by Gasteiger charge is 2.15. The van der Waals surface area contributed by atoms with Gasteiger partial charge in [0, 0.05) is 47.5 Å². The molecule has 164 valence electrons. The van der Waals surface area contributed by atoms with Crippen molar-refractivity contribution in [2.45, 2.75) is 12.6 Å². The van der Waals surface area contributed by atoms with E-state index in [9.17, 15) is 9.90 Å².